The van der Waals surface area contributed by atoms with E-state index in [0.29, 0.717) is 12.2 Å². The Labute approximate surface area is 146 Å². The number of hydrogen-bond donors (Lipinski definition) is 1. The van der Waals surface area contributed by atoms with Crippen molar-refractivity contribution in [1.29, 1.82) is 0 Å². The van der Waals surface area contributed by atoms with Crippen LogP contribution in [0.2, 0.25) is 0 Å². The number of anilines is 1. The van der Waals surface area contributed by atoms with E-state index in [4.69, 9.17) is 0 Å². The van der Waals surface area contributed by atoms with Crippen molar-refractivity contribution in [3.05, 3.63) is 57.2 Å². The minimum absolute atomic E-state index is 0.268. The number of amides is 1. The largest absolute Gasteiger partial charge is 0.288 e. The number of aryl methyl sites for hydroxylation is 2. The molecule has 1 N–H and O–H groups in total. The van der Waals surface area contributed by atoms with E-state index in [-0.39, 0.29) is 11.9 Å². The Morgan fingerprint density at radius 2 is 2.17 bits per heavy atom. The summed E-state index contributed by atoms with van der Waals surface area (Å²) in [6, 6.07) is 8.18. The van der Waals surface area contributed by atoms with E-state index in [2.05, 4.69) is 49.2 Å². The molecule has 3 rings (SSSR count). The minimum Gasteiger partial charge on any atom is -0.288 e. The second-order valence-corrected chi connectivity index (χ2v) is 6.37. The third kappa shape index (κ3) is 3.76. The van der Waals surface area contributed by atoms with Gasteiger partial charge >= 0.3 is 0 Å². The fourth-order valence-electron chi connectivity index (χ4n) is 2.20. The quantitative estimate of drug-likeness (QED) is 0.655. The number of carbonyl (C=O) groups excluding carboxylic acids is 1. The van der Waals surface area contributed by atoms with Gasteiger partial charge in [0.2, 0.25) is 5.95 Å². The molecule has 0 aliphatic heterocycles. The van der Waals surface area contributed by atoms with Crippen LogP contribution in [0.1, 0.15) is 21.6 Å². The number of benzene rings is 1. The van der Waals surface area contributed by atoms with E-state index in [9.17, 15) is 4.79 Å². The average Bonchev–Trinajstić information content (AvgIpc) is 3.05. The number of aromatic nitrogens is 5. The van der Waals surface area contributed by atoms with Gasteiger partial charge in [0.05, 0.1) is 10.1 Å². The van der Waals surface area contributed by atoms with Crippen LogP contribution in [0.25, 0.3) is 0 Å². The van der Waals surface area contributed by atoms with Crippen molar-refractivity contribution in [3.63, 3.8) is 0 Å². The van der Waals surface area contributed by atoms with Crippen molar-refractivity contribution in [1.82, 2.24) is 24.5 Å². The Bertz CT molecular complexity index is 853. The summed E-state index contributed by atoms with van der Waals surface area (Å²) in [6.45, 7) is 2.65. The first kappa shape index (κ1) is 15.7. The highest BCUT2D eigenvalue weighted by Crippen LogP contribution is 2.11. The smallest absolute Gasteiger partial charge is 0.279 e. The molecule has 1 aromatic carbocycles. The molecule has 23 heavy (non-hydrogen) atoms. The standard InChI is InChI=1S/C15H15IN6O/c1-10-4-3-5-11(6-10)7-22-9-17-15(20-22)18-14(23)13-12(16)8-21(2)19-13/h3-6,8-9H,7H2,1-2H3,(H,18,20,23). The lowest BCUT2D eigenvalue weighted by Gasteiger charge is -2.02. The van der Waals surface area contributed by atoms with Gasteiger partial charge in [-0.3, -0.25) is 14.8 Å². The summed E-state index contributed by atoms with van der Waals surface area (Å²) in [5.74, 6) is -0.0487. The molecule has 3 aromatic rings. The predicted octanol–water partition coefficient (Wildman–Crippen LogP) is 2.23. The first-order chi connectivity index (χ1) is 11.0. The van der Waals surface area contributed by atoms with Gasteiger partial charge < -0.3 is 0 Å². The Kier molecular flexibility index (Phi) is 4.42. The Hall–Kier alpha value is -2.23. The van der Waals surface area contributed by atoms with E-state index in [0.717, 1.165) is 9.13 Å². The molecule has 0 unspecified atom stereocenters. The molecule has 7 nitrogen and oxygen atoms in total. The molecule has 0 saturated heterocycles. The second-order valence-electron chi connectivity index (χ2n) is 5.21. The highest BCUT2D eigenvalue weighted by molar-refractivity contribution is 14.1. The maximum absolute atomic E-state index is 12.2. The van der Waals surface area contributed by atoms with Gasteiger partial charge in [-0.2, -0.15) is 5.10 Å². The third-order valence-electron chi connectivity index (χ3n) is 3.19. The first-order valence-corrected chi connectivity index (χ1v) is 8.04. The number of nitrogens with zero attached hydrogens (tertiary/aromatic N) is 5. The van der Waals surface area contributed by atoms with Crippen LogP contribution in [-0.4, -0.2) is 30.5 Å². The zero-order chi connectivity index (χ0) is 16.4. The summed E-state index contributed by atoms with van der Waals surface area (Å²) in [5, 5.41) is 11.1. The van der Waals surface area contributed by atoms with Crippen LogP contribution in [0.4, 0.5) is 5.95 Å². The molecule has 0 spiro atoms. The zero-order valence-corrected chi connectivity index (χ0v) is 14.9. The van der Waals surface area contributed by atoms with Crippen LogP contribution in [0.3, 0.4) is 0 Å². The van der Waals surface area contributed by atoms with Crippen molar-refractivity contribution in [2.24, 2.45) is 7.05 Å². The minimum atomic E-state index is -0.316. The van der Waals surface area contributed by atoms with Crippen LogP contribution >= 0.6 is 22.6 Å². The van der Waals surface area contributed by atoms with Crippen molar-refractivity contribution in [3.8, 4) is 0 Å². The number of rotatable bonds is 4. The molecule has 0 radical (unpaired) electrons. The number of carbonyl (C=O) groups is 1. The summed E-state index contributed by atoms with van der Waals surface area (Å²) < 4.78 is 4.07. The molecular weight excluding hydrogens is 407 g/mol. The highest BCUT2D eigenvalue weighted by atomic mass is 127. The van der Waals surface area contributed by atoms with Gasteiger partial charge in [-0.05, 0) is 35.1 Å². The van der Waals surface area contributed by atoms with Gasteiger partial charge in [0, 0.05) is 13.2 Å². The van der Waals surface area contributed by atoms with Gasteiger partial charge in [0.25, 0.3) is 5.91 Å². The molecule has 1 amide bonds. The molecular formula is C15H15IN6O. The SMILES string of the molecule is Cc1cccc(Cn2cnc(NC(=O)c3nn(C)cc3I)n2)c1. The summed E-state index contributed by atoms with van der Waals surface area (Å²) in [4.78, 5) is 16.3. The summed E-state index contributed by atoms with van der Waals surface area (Å²) in [5.41, 5.74) is 2.69. The summed E-state index contributed by atoms with van der Waals surface area (Å²) in [7, 11) is 1.77. The third-order valence-corrected chi connectivity index (χ3v) is 3.98. The maximum Gasteiger partial charge on any atom is 0.279 e. The van der Waals surface area contributed by atoms with Gasteiger partial charge in [-0.1, -0.05) is 29.8 Å². The van der Waals surface area contributed by atoms with Gasteiger partial charge in [-0.15, -0.1) is 5.10 Å². The molecule has 118 valence electrons. The maximum atomic E-state index is 12.2. The van der Waals surface area contributed by atoms with Crippen molar-refractivity contribution >= 4 is 34.4 Å². The number of nitrogens with one attached hydrogen (secondary N) is 1. The van der Waals surface area contributed by atoms with Crippen molar-refractivity contribution in [2.45, 2.75) is 13.5 Å². The fourth-order valence-corrected chi connectivity index (χ4v) is 2.96. The lowest BCUT2D eigenvalue weighted by atomic mass is 10.1. The molecule has 0 aliphatic carbocycles. The van der Waals surface area contributed by atoms with Gasteiger partial charge in [0.1, 0.15) is 6.33 Å². The van der Waals surface area contributed by atoms with E-state index in [1.807, 2.05) is 25.1 Å². The number of hydrogen-bond acceptors (Lipinski definition) is 4. The Balaban J connectivity index is 1.70. The average molecular weight is 422 g/mol. The molecule has 8 heteroatoms. The Morgan fingerprint density at radius 1 is 1.35 bits per heavy atom. The normalized spacial score (nSPS) is 10.7. The Morgan fingerprint density at radius 3 is 2.87 bits per heavy atom. The van der Waals surface area contributed by atoms with E-state index >= 15 is 0 Å². The monoisotopic (exact) mass is 422 g/mol. The zero-order valence-electron chi connectivity index (χ0n) is 12.7. The molecule has 0 saturated carbocycles. The van der Waals surface area contributed by atoms with E-state index in [1.54, 1.807) is 28.9 Å². The summed E-state index contributed by atoms with van der Waals surface area (Å²) in [6.07, 6.45) is 3.38. The second kappa shape index (κ2) is 6.49. The molecule has 2 heterocycles. The van der Waals surface area contributed by atoms with Crippen LogP contribution in [0, 0.1) is 10.5 Å². The van der Waals surface area contributed by atoms with Crippen LogP contribution < -0.4 is 5.32 Å². The highest BCUT2D eigenvalue weighted by Gasteiger charge is 2.16. The molecule has 0 atom stereocenters. The molecule has 0 aliphatic rings. The number of halogens is 1. The summed E-state index contributed by atoms with van der Waals surface area (Å²) >= 11 is 2.07. The van der Waals surface area contributed by atoms with Gasteiger partial charge in [0.15, 0.2) is 5.69 Å². The molecule has 0 bridgehead atoms. The lowest BCUT2D eigenvalue weighted by molar-refractivity contribution is 0.102. The van der Waals surface area contributed by atoms with E-state index in [1.165, 1.54) is 5.56 Å². The lowest BCUT2D eigenvalue weighted by Crippen LogP contribution is -2.15. The van der Waals surface area contributed by atoms with Crippen LogP contribution in [0.15, 0.2) is 36.8 Å². The van der Waals surface area contributed by atoms with E-state index < -0.39 is 0 Å². The first-order valence-electron chi connectivity index (χ1n) is 6.97. The van der Waals surface area contributed by atoms with Crippen molar-refractivity contribution < 1.29 is 4.79 Å². The van der Waals surface area contributed by atoms with Crippen LogP contribution in [0.5, 0.6) is 0 Å². The van der Waals surface area contributed by atoms with Crippen molar-refractivity contribution in [2.75, 3.05) is 5.32 Å². The topological polar surface area (TPSA) is 77.6 Å². The fraction of sp³-hybridized carbons (Fsp3) is 0.200. The molecule has 2 aromatic heterocycles. The molecule has 0 fully saturated rings. The van der Waals surface area contributed by atoms with Gasteiger partial charge in [-0.25, -0.2) is 9.67 Å². The predicted molar refractivity (Wildman–Crippen MR) is 94.2 cm³/mol. The van der Waals surface area contributed by atoms with Crippen LogP contribution in [-0.2, 0) is 13.6 Å².